The number of methoxy groups -OCH3 is 1. The first kappa shape index (κ1) is 30.8. The highest BCUT2D eigenvalue weighted by atomic mass is 35.5. The summed E-state index contributed by atoms with van der Waals surface area (Å²) in [6.45, 7) is 5.90. The quantitative estimate of drug-likeness (QED) is 0.0944. The van der Waals surface area contributed by atoms with Crippen LogP contribution in [0.3, 0.4) is 0 Å². The number of fused-ring (bicyclic) bond motifs is 1. The first-order chi connectivity index (χ1) is 21.5. The third-order valence-corrected chi connectivity index (χ3v) is 7.12. The van der Waals surface area contributed by atoms with Crippen LogP contribution in [-0.4, -0.2) is 37.8 Å². The molecule has 228 valence electrons. The van der Waals surface area contributed by atoms with E-state index in [1.54, 1.807) is 31.4 Å². The van der Waals surface area contributed by atoms with Gasteiger partial charge in [0.15, 0.2) is 5.82 Å². The van der Waals surface area contributed by atoms with Crippen LogP contribution in [-0.2, 0) is 0 Å². The van der Waals surface area contributed by atoms with E-state index >= 15 is 0 Å². The maximum atomic E-state index is 13.9. The van der Waals surface area contributed by atoms with Gasteiger partial charge in [0.25, 0.3) is 11.2 Å². The zero-order valence-electron chi connectivity index (χ0n) is 24.4. The molecule has 5 aromatic rings. The van der Waals surface area contributed by atoms with Crippen molar-refractivity contribution in [3.63, 3.8) is 0 Å². The zero-order chi connectivity index (χ0) is 32.4. The molecule has 0 spiro atoms. The lowest BCUT2D eigenvalue weighted by Gasteiger charge is -2.17. The van der Waals surface area contributed by atoms with Gasteiger partial charge in [-0.05, 0) is 54.3 Å². The number of benzene rings is 3. The van der Waals surface area contributed by atoms with E-state index in [4.69, 9.17) is 26.1 Å². The van der Waals surface area contributed by atoms with Gasteiger partial charge in [-0.25, -0.2) is 9.97 Å². The molecule has 0 aliphatic carbocycles. The van der Waals surface area contributed by atoms with Crippen LogP contribution in [0.4, 0.5) is 11.4 Å². The van der Waals surface area contributed by atoms with E-state index in [0.717, 1.165) is 34.1 Å². The SMILES string of the molecule is COc1cc(C)c(-c2nc3ccccc3c(=O)n2N=Cc2cc(Cl)cc([N+](=O)[O-])c2Oc2ccc([N+](=O)[O-])cn2)cc1C(C)C. The number of nitro groups is 2. The Morgan fingerprint density at radius 3 is 2.44 bits per heavy atom. The lowest BCUT2D eigenvalue weighted by molar-refractivity contribution is -0.385. The summed E-state index contributed by atoms with van der Waals surface area (Å²) in [5.41, 5.74) is 1.50. The molecule has 2 heterocycles. The highest BCUT2D eigenvalue weighted by molar-refractivity contribution is 6.31. The van der Waals surface area contributed by atoms with Gasteiger partial charge in [-0.1, -0.05) is 37.6 Å². The van der Waals surface area contributed by atoms with Gasteiger partial charge in [-0.3, -0.25) is 25.0 Å². The zero-order valence-corrected chi connectivity index (χ0v) is 25.2. The molecule has 0 saturated carbocycles. The molecule has 45 heavy (non-hydrogen) atoms. The molecule has 2 aromatic heterocycles. The molecular weight excluding hydrogens is 604 g/mol. The number of pyridine rings is 1. The van der Waals surface area contributed by atoms with Crippen LogP contribution < -0.4 is 15.0 Å². The third-order valence-electron chi connectivity index (χ3n) is 6.90. The Bertz CT molecular complexity index is 2060. The molecule has 5 rings (SSSR count). The molecule has 14 heteroatoms. The average molecular weight is 629 g/mol. The van der Waals surface area contributed by atoms with Crippen LogP contribution in [0, 0.1) is 27.2 Å². The smallest absolute Gasteiger partial charge is 0.313 e. The third kappa shape index (κ3) is 6.19. The number of rotatable bonds is 9. The highest BCUT2D eigenvalue weighted by Crippen LogP contribution is 2.37. The van der Waals surface area contributed by atoms with Gasteiger partial charge in [-0.2, -0.15) is 9.78 Å². The number of nitro benzene ring substituents is 1. The summed E-state index contributed by atoms with van der Waals surface area (Å²) in [5, 5.41) is 27.8. The van der Waals surface area contributed by atoms with Crippen LogP contribution in [0.25, 0.3) is 22.3 Å². The summed E-state index contributed by atoms with van der Waals surface area (Å²) in [7, 11) is 1.59. The summed E-state index contributed by atoms with van der Waals surface area (Å²) in [5.74, 6) is 0.565. The van der Waals surface area contributed by atoms with E-state index < -0.39 is 21.1 Å². The first-order valence-electron chi connectivity index (χ1n) is 13.5. The van der Waals surface area contributed by atoms with Gasteiger partial charge >= 0.3 is 5.69 Å². The number of ether oxygens (including phenoxy) is 2. The normalized spacial score (nSPS) is 11.3. The van der Waals surface area contributed by atoms with E-state index in [1.807, 2.05) is 32.9 Å². The minimum atomic E-state index is -0.701. The summed E-state index contributed by atoms with van der Waals surface area (Å²) >= 11 is 6.23. The summed E-state index contributed by atoms with van der Waals surface area (Å²) < 4.78 is 12.4. The van der Waals surface area contributed by atoms with Crippen molar-refractivity contribution in [2.45, 2.75) is 26.7 Å². The van der Waals surface area contributed by atoms with Crippen LogP contribution in [0.1, 0.15) is 36.5 Å². The van der Waals surface area contributed by atoms with E-state index in [9.17, 15) is 25.0 Å². The second-order valence-corrected chi connectivity index (χ2v) is 10.6. The molecule has 0 fully saturated rings. The maximum Gasteiger partial charge on any atom is 0.313 e. The second kappa shape index (κ2) is 12.5. The molecule has 0 amide bonds. The molecule has 0 N–H and O–H groups in total. The van der Waals surface area contributed by atoms with Crippen molar-refractivity contribution < 1.29 is 19.3 Å². The number of hydrogen-bond donors (Lipinski definition) is 0. The summed E-state index contributed by atoms with van der Waals surface area (Å²) in [6.07, 6.45) is 2.16. The fourth-order valence-electron chi connectivity index (χ4n) is 4.68. The number of hydrogen-bond acceptors (Lipinski definition) is 10. The fraction of sp³-hybridized carbons (Fsp3) is 0.161. The topological polar surface area (TPSA) is 165 Å². The van der Waals surface area contributed by atoms with Crippen molar-refractivity contribution >= 4 is 40.1 Å². The Balaban J connectivity index is 1.72. The van der Waals surface area contributed by atoms with Crippen LogP contribution >= 0.6 is 11.6 Å². The largest absolute Gasteiger partial charge is 0.496 e. The Hall–Kier alpha value is -5.69. The number of halogens is 1. The van der Waals surface area contributed by atoms with Crippen molar-refractivity contribution in [1.29, 1.82) is 0 Å². The van der Waals surface area contributed by atoms with Gasteiger partial charge in [0.2, 0.25) is 11.6 Å². The molecule has 0 aliphatic rings. The number of aromatic nitrogens is 3. The van der Waals surface area contributed by atoms with Crippen molar-refractivity contribution in [2.75, 3.05) is 7.11 Å². The molecular formula is C31H25ClN6O7. The van der Waals surface area contributed by atoms with Gasteiger partial charge in [-0.15, -0.1) is 0 Å². The van der Waals surface area contributed by atoms with E-state index in [0.29, 0.717) is 22.2 Å². The number of nitrogens with zero attached hydrogens (tertiary/aromatic N) is 6. The van der Waals surface area contributed by atoms with Crippen molar-refractivity contribution in [1.82, 2.24) is 14.6 Å². The standard InChI is InChI=1S/C31H25ClN6O7/c1-17(2)23-14-24(18(3)11-27(23)44-4)30-35-25-8-6-5-7-22(25)31(39)36(30)34-15-19-12-20(32)13-26(38(42)43)29(19)45-28-10-9-21(16-33-28)37(40)41/h5-17H,1-4H3. The Kier molecular flexibility index (Phi) is 8.55. The molecule has 0 unspecified atom stereocenters. The van der Waals surface area contributed by atoms with Gasteiger partial charge in [0.05, 0.1) is 34.1 Å². The van der Waals surface area contributed by atoms with Crippen molar-refractivity contribution in [2.24, 2.45) is 5.10 Å². The predicted molar refractivity (Wildman–Crippen MR) is 169 cm³/mol. The molecule has 13 nitrogen and oxygen atoms in total. The summed E-state index contributed by atoms with van der Waals surface area (Å²) in [6, 6.07) is 15.4. The fourth-order valence-corrected chi connectivity index (χ4v) is 4.90. The molecule has 0 bridgehead atoms. The maximum absolute atomic E-state index is 13.9. The first-order valence-corrected chi connectivity index (χ1v) is 13.9. The van der Waals surface area contributed by atoms with Crippen LogP contribution in [0.15, 0.2) is 76.8 Å². The molecule has 0 atom stereocenters. The predicted octanol–water partition coefficient (Wildman–Crippen LogP) is 7.04. The van der Waals surface area contributed by atoms with Crippen molar-refractivity contribution in [3.8, 4) is 28.8 Å². The lowest BCUT2D eigenvalue weighted by atomic mass is 9.96. The minimum absolute atomic E-state index is 0.00365. The van der Waals surface area contributed by atoms with Gasteiger partial charge in [0.1, 0.15) is 11.9 Å². The Morgan fingerprint density at radius 2 is 1.80 bits per heavy atom. The monoisotopic (exact) mass is 628 g/mol. The summed E-state index contributed by atoms with van der Waals surface area (Å²) in [4.78, 5) is 44.2. The van der Waals surface area contributed by atoms with Crippen molar-refractivity contribution in [3.05, 3.63) is 119 Å². The Labute approximate surface area is 260 Å². The number of para-hydroxylation sites is 1. The average Bonchev–Trinajstić information content (AvgIpc) is 3.01. The molecule has 0 aliphatic heterocycles. The molecule has 0 radical (unpaired) electrons. The Morgan fingerprint density at radius 1 is 1.04 bits per heavy atom. The van der Waals surface area contributed by atoms with Crippen LogP contribution in [0.2, 0.25) is 5.02 Å². The minimum Gasteiger partial charge on any atom is -0.496 e. The van der Waals surface area contributed by atoms with E-state index in [2.05, 4.69) is 10.1 Å². The second-order valence-electron chi connectivity index (χ2n) is 10.2. The van der Waals surface area contributed by atoms with Gasteiger partial charge < -0.3 is 9.47 Å². The van der Waals surface area contributed by atoms with E-state index in [1.165, 1.54) is 18.3 Å². The van der Waals surface area contributed by atoms with Gasteiger partial charge in [0, 0.05) is 34.3 Å². The molecule has 0 saturated heterocycles. The van der Waals surface area contributed by atoms with E-state index in [-0.39, 0.29) is 39.6 Å². The van der Waals surface area contributed by atoms with Crippen LogP contribution in [0.5, 0.6) is 17.4 Å². The molecule has 3 aromatic carbocycles. The number of aryl methyl sites for hydroxylation is 1. The highest BCUT2D eigenvalue weighted by Gasteiger charge is 2.23. The lowest BCUT2D eigenvalue weighted by Crippen LogP contribution is -2.21.